The number of carbonyl (C=O) groups excluding carboxylic acids is 2. The second-order valence-corrected chi connectivity index (χ2v) is 8.66. The zero-order chi connectivity index (χ0) is 22.9. The SMILES string of the molecule is CC=CCCc1nnc(N2C(=O)N(CCCCC)CC2OC(=O)c2ncccc2CC)s1. The number of anilines is 1. The van der Waals surface area contributed by atoms with Crippen LogP contribution in [0.25, 0.3) is 0 Å². The molecule has 1 fully saturated rings. The van der Waals surface area contributed by atoms with Crippen molar-refractivity contribution in [2.24, 2.45) is 0 Å². The van der Waals surface area contributed by atoms with Crippen LogP contribution in [0.1, 0.15) is 67.5 Å². The Morgan fingerprint density at radius 2 is 2.16 bits per heavy atom. The van der Waals surface area contributed by atoms with Crippen LogP contribution >= 0.6 is 11.3 Å². The first-order valence-electron chi connectivity index (χ1n) is 11.3. The Morgan fingerprint density at radius 1 is 1.31 bits per heavy atom. The van der Waals surface area contributed by atoms with Gasteiger partial charge in [-0.2, -0.15) is 0 Å². The lowest BCUT2D eigenvalue weighted by molar-refractivity contribution is 0.0317. The van der Waals surface area contributed by atoms with E-state index in [4.69, 9.17) is 4.74 Å². The van der Waals surface area contributed by atoms with Crippen LogP contribution < -0.4 is 4.90 Å². The molecule has 1 saturated heterocycles. The van der Waals surface area contributed by atoms with Gasteiger partial charge in [0, 0.05) is 19.2 Å². The summed E-state index contributed by atoms with van der Waals surface area (Å²) >= 11 is 1.36. The number of rotatable bonds is 11. The van der Waals surface area contributed by atoms with E-state index < -0.39 is 12.2 Å². The monoisotopic (exact) mass is 457 g/mol. The molecule has 8 nitrogen and oxygen atoms in total. The number of esters is 1. The summed E-state index contributed by atoms with van der Waals surface area (Å²) in [5.41, 5.74) is 1.10. The third-order valence-corrected chi connectivity index (χ3v) is 6.29. The number of nitrogens with zero attached hydrogens (tertiary/aromatic N) is 5. The van der Waals surface area contributed by atoms with E-state index in [1.165, 1.54) is 16.2 Å². The molecule has 0 spiro atoms. The van der Waals surface area contributed by atoms with Crippen molar-refractivity contribution in [2.75, 3.05) is 18.0 Å². The van der Waals surface area contributed by atoms with E-state index in [9.17, 15) is 9.59 Å². The van der Waals surface area contributed by atoms with Crippen LogP contribution in [0.5, 0.6) is 0 Å². The maximum atomic E-state index is 13.2. The highest BCUT2D eigenvalue weighted by atomic mass is 32.1. The predicted molar refractivity (Wildman–Crippen MR) is 125 cm³/mol. The average molecular weight is 458 g/mol. The fourth-order valence-electron chi connectivity index (χ4n) is 3.56. The third-order valence-electron chi connectivity index (χ3n) is 5.30. The van der Waals surface area contributed by atoms with Gasteiger partial charge >= 0.3 is 12.0 Å². The Morgan fingerprint density at radius 3 is 2.91 bits per heavy atom. The van der Waals surface area contributed by atoms with Gasteiger partial charge in [0.05, 0.1) is 6.54 Å². The molecule has 3 rings (SSSR count). The quantitative estimate of drug-likeness (QED) is 0.278. The standard InChI is InChI=1S/C23H31N5O3S/c1-4-7-9-13-18-25-26-22(32-18)28-19(16-27(23(28)30)15-10-8-5-2)31-21(29)20-17(6-3)12-11-14-24-20/h4,7,11-12,14,19H,5-6,8-10,13,15-16H2,1-3H3. The molecule has 1 unspecified atom stereocenters. The summed E-state index contributed by atoms with van der Waals surface area (Å²) < 4.78 is 5.81. The van der Waals surface area contributed by atoms with Crippen LogP contribution in [0.3, 0.4) is 0 Å². The van der Waals surface area contributed by atoms with Gasteiger partial charge in [0.1, 0.15) is 5.01 Å². The zero-order valence-electron chi connectivity index (χ0n) is 19.0. The number of unbranched alkanes of at least 4 members (excludes halogenated alkanes) is 2. The molecule has 1 atom stereocenters. The first-order valence-corrected chi connectivity index (χ1v) is 12.1. The number of ether oxygens (including phenoxy) is 1. The number of hydrogen-bond acceptors (Lipinski definition) is 7. The lowest BCUT2D eigenvalue weighted by atomic mass is 10.1. The lowest BCUT2D eigenvalue weighted by Gasteiger charge is -2.20. The smallest absolute Gasteiger partial charge is 0.359 e. The number of aryl methyl sites for hydroxylation is 2. The Kier molecular flexibility index (Phi) is 8.72. The molecular weight excluding hydrogens is 426 g/mol. The molecular formula is C23H31N5O3S. The molecule has 2 aromatic heterocycles. The number of pyridine rings is 1. The van der Waals surface area contributed by atoms with Gasteiger partial charge < -0.3 is 9.64 Å². The van der Waals surface area contributed by atoms with Crippen molar-refractivity contribution in [2.45, 2.75) is 65.5 Å². The van der Waals surface area contributed by atoms with E-state index in [0.717, 1.165) is 42.7 Å². The van der Waals surface area contributed by atoms with Crippen LogP contribution in [0.4, 0.5) is 9.93 Å². The molecule has 0 aromatic carbocycles. The minimum atomic E-state index is -0.764. The van der Waals surface area contributed by atoms with Gasteiger partial charge in [-0.1, -0.05) is 56.2 Å². The van der Waals surface area contributed by atoms with Crippen molar-refractivity contribution < 1.29 is 14.3 Å². The first kappa shape index (κ1) is 23.8. The summed E-state index contributed by atoms with van der Waals surface area (Å²) in [6.45, 7) is 6.98. The van der Waals surface area contributed by atoms with Gasteiger partial charge in [-0.05, 0) is 37.8 Å². The number of carbonyl (C=O) groups is 2. The van der Waals surface area contributed by atoms with Gasteiger partial charge in [-0.3, -0.25) is 0 Å². The van der Waals surface area contributed by atoms with E-state index in [1.807, 2.05) is 26.0 Å². The fraction of sp³-hybridized carbons (Fsp3) is 0.522. The molecule has 2 amide bonds. The Balaban J connectivity index is 1.80. The largest absolute Gasteiger partial charge is 0.434 e. The summed E-state index contributed by atoms with van der Waals surface area (Å²) in [4.78, 5) is 33.5. The van der Waals surface area contributed by atoms with Crippen LogP contribution in [0.2, 0.25) is 0 Å². The topological polar surface area (TPSA) is 88.5 Å². The molecule has 3 heterocycles. The number of hydrogen-bond donors (Lipinski definition) is 0. The van der Waals surface area contributed by atoms with Crippen molar-refractivity contribution in [1.29, 1.82) is 0 Å². The Bertz CT molecular complexity index is 945. The summed E-state index contributed by atoms with van der Waals surface area (Å²) in [5, 5.41) is 9.78. The molecule has 1 aliphatic heterocycles. The number of amides is 2. The minimum Gasteiger partial charge on any atom is -0.434 e. The number of aromatic nitrogens is 3. The van der Waals surface area contributed by atoms with Gasteiger partial charge in [0.2, 0.25) is 11.4 Å². The van der Waals surface area contributed by atoms with E-state index in [1.54, 1.807) is 17.2 Å². The molecule has 1 aliphatic rings. The summed E-state index contributed by atoms with van der Waals surface area (Å²) in [6.07, 6.45) is 10.2. The van der Waals surface area contributed by atoms with Crippen molar-refractivity contribution in [3.8, 4) is 0 Å². The van der Waals surface area contributed by atoms with Crippen molar-refractivity contribution in [3.63, 3.8) is 0 Å². The predicted octanol–water partition coefficient (Wildman–Crippen LogP) is 4.62. The summed E-state index contributed by atoms with van der Waals surface area (Å²) in [6, 6.07) is 3.46. The highest BCUT2D eigenvalue weighted by molar-refractivity contribution is 7.15. The Hall–Kier alpha value is -2.81. The minimum absolute atomic E-state index is 0.202. The number of allylic oxidation sites excluding steroid dienone is 2. The van der Waals surface area contributed by atoms with Crippen LogP contribution in [-0.4, -0.2) is 51.4 Å². The van der Waals surface area contributed by atoms with Crippen LogP contribution in [0.15, 0.2) is 30.5 Å². The molecule has 0 bridgehead atoms. The van der Waals surface area contributed by atoms with Gasteiger partial charge in [-0.25, -0.2) is 19.5 Å². The molecule has 32 heavy (non-hydrogen) atoms. The highest BCUT2D eigenvalue weighted by Crippen LogP contribution is 2.30. The normalized spacial score (nSPS) is 16.3. The van der Waals surface area contributed by atoms with E-state index >= 15 is 0 Å². The second kappa shape index (κ2) is 11.7. The highest BCUT2D eigenvalue weighted by Gasteiger charge is 2.42. The molecule has 172 valence electrons. The average Bonchev–Trinajstić information content (AvgIpc) is 3.38. The Labute approximate surface area is 193 Å². The van der Waals surface area contributed by atoms with E-state index in [0.29, 0.717) is 24.6 Å². The zero-order valence-corrected chi connectivity index (χ0v) is 19.8. The molecule has 0 aliphatic carbocycles. The van der Waals surface area contributed by atoms with Crippen molar-refractivity contribution in [1.82, 2.24) is 20.1 Å². The van der Waals surface area contributed by atoms with Crippen LogP contribution in [0, 0.1) is 0 Å². The maximum Gasteiger partial charge on any atom is 0.359 e. The summed E-state index contributed by atoms with van der Waals surface area (Å²) in [7, 11) is 0. The van der Waals surface area contributed by atoms with Gasteiger partial charge in [0.25, 0.3) is 0 Å². The molecule has 0 N–H and O–H groups in total. The molecule has 2 aromatic rings. The van der Waals surface area contributed by atoms with E-state index in [2.05, 4.69) is 28.2 Å². The van der Waals surface area contributed by atoms with Crippen molar-refractivity contribution in [3.05, 3.63) is 46.7 Å². The fourth-order valence-corrected chi connectivity index (χ4v) is 4.45. The number of urea groups is 1. The van der Waals surface area contributed by atoms with E-state index in [-0.39, 0.29) is 11.7 Å². The lowest BCUT2D eigenvalue weighted by Crippen LogP contribution is -2.38. The molecule has 0 radical (unpaired) electrons. The first-order chi connectivity index (χ1) is 15.6. The van der Waals surface area contributed by atoms with Crippen LogP contribution in [-0.2, 0) is 17.6 Å². The maximum absolute atomic E-state index is 13.2. The third kappa shape index (κ3) is 5.70. The second-order valence-electron chi connectivity index (χ2n) is 7.62. The van der Waals surface area contributed by atoms with Gasteiger partial charge in [-0.15, -0.1) is 10.2 Å². The van der Waals surface area contributed by atoms with Gasteiger partial charge in [0.15, 0.2) is 5.69 Å². The van der Waals surface area contributed by atoms with Crippen molar-refractivity contribution >= 4 is 28.5 Å². The molecule has 0 saturated carbocycles. The summed E-state index contributed by atoms with van der Waals surface area (Å²) in [5.74, 6) is -0.529. The molecule has 9 heteroatoms.